The SMILES string of the molecule is COC(=O)C1=C(c2ccc(Cl)c(F)c2)CC(C)(C)CC1. The molecule has 2 nitrogen and oxygen atoms in total. The van der Waals surface area contributed by atoms with E-state index < -0.39 is 5.82 Å². The van der Waals surface area contributed by atoms with Crippen LogP contribution >= 0.6 is 11.6 Å². The molecule has 0 aliphatic heterocycles. The lowest BCUT2D eigenvalue weighted by Gasteiger charge is -2.32. The van der Waals surface area contributed by atoms with Crippen LogP contribution in [0.5, 0.6) is 0 Å². The van der Waals surface area contributed by atoms with Crippen molar-refractivity contribution in [3.8, 4) is 0 Å². The second-order valence-electron chi connectivity index (χ2n) is 5.92. The summed E-state index contributed by atoms with van der Waals surface area (Å²) in [5.41, 5.74) is 2.31. The van der Waals surface area contributed by atoms with Crippen molar-refractivity contribution < 1.29 is 13.9 Å². The maximum absolute atomic E-state index is 13.7. The first-order valence-electron chi connectivity index (χ1n) is 6.60. The lowest BCUT2D eigenvalue weighted by atomic mass is 9.72. The van der Waals surface area contributed by atoms with Gasteiger partial charge in [0.2, 0.25) is 0 Å². The monoisotopic (exact) mass is 296 g/mol. The summed E-state index contributed by atoms with van der Waals surface area (Å²) >= 11 is 5.72. The van der Waals surface area contributed by atoms with Gasteiger partial charge in [0.15, 0.2) is 0 Å². The molecule has 1 aliphatic rings. The number of hydrogen-bond acceptors (Lipinski definition) is 2. The summed E-state index contributed by atoms with van der Waals surface area (Å²) in [5, 5.41) is 0.0871. The number of esters is 1. The number of rotatable bonds is 2. The van der Waals surface area contributed by atoms with Crippen molar-refractivity contribution in [3.63, 3.8) is 0 Å². The van der Waals surface area contributed by atoms with Crippen molar-refractivity contribution in [2.45, 2.75) is 33.1 Å². The summed E-state index contributed by atoms with van der Waals surface area (Å²) in [6.45, 7) is 4.29. The molecule has 0 N–H and O–H groups in total. The van der Waals surface area contributed by atoms with Gasteiger partial charge in [0.05, 0.1) is 12.1 Å². The van der Waals surface area contributed by atoms with Crippen LogP contribution in [0.25, 0.3) is 5.57 Å². The fraction of sp³-hybridized carbons (Fsp3) is 0.438. The van der Waals surface area contributed by atoms with Gasteiger partial charge in [-0.05, 0) is 47.9 Å². The van der Waals surface area contributed by atoms with Crippen LogP contribution in [0.2, 0.25) is 5.02 Å². The first-order valence-corrected chi connectivity index (χ1v) is 6.97. The predicted octanol–water partition coefficient (Wildman–Crippen LogP) is 4.62. The Morgan fingerprint density at radius 1 is 1.40 bits per heavy atom. The molecule has 0 bridgehead atoms. The average Bonchev–Trinajstić information content (AvgIpc) is 2.40. The van der Waals surface area contributed by atoms with Crippen LogP contribution in [0, 0.1) is 11.2 Å². The van der Waals surface area contributed by atoms with E-state index in [0.717, 1.165) is 18.4 Å². The Kier molecular flexibility index (Phi) is 4.19. The molecule has 0 amide bonds. The maximum Gasteiger partial charge on any atom is 0.334 e. The Bertz CT molecular complexity index is 576. The summed E-state index contributed by atoms with van der Waals surface area (Å²) in [6.07, 6.45) is 2.29. The number of allylic oxidation sites excluding steroid dienone is 1. The van der Waals surface area contributed by atoms with Crippen LogP contribution in [0.3, 0.4) is 0 Å². The molecule has 0 aromatic heterocycles. The Labute approximate surface area is 123 Å². The molecule has 108 valence electrons. The van der Waals surface area contributed by atoms with Crippen molar-refractivity contribution in [2.24, 2.45) is 5.41 Å². The molecule has 0 spiro atoms. The van der Waals surface area contributed by atoms with E-state index in [9.17, 15) is 9.18 Å². The lowest BCUT2D eigenvalue weighted by Crippen LogP contribution is -2.21. The quantitative estimate of drug-likeness (QED) is 0.745. The molecule has 0 unspecified atom stereocenters. The third kappa shape index (κ3) is 3.04. The normalized spacial score (nSPS) is 18.1. The van der Waals surface area contributed by atoms with E-state index in [2.05, 4.69) is 13.8 Å². The molecule has 2 rings (SSSR count). The number of halogens is 2. The van der Waals surface area contributed by atoms with Gasteiger partial charge in [-0.25, -0.2) is 9.18 Å². The zero-order valence-corrected chi connectivity index (χ0v) is 12.7. The predicted molar refractivity (Wildman–Crippen MR) is 78.0 cm³/mol. The van der Waals surface area contributed by atoms with E-state index in [1.165, 1.54) is 19.2 Å². The van der Waals surface area contributed by atoms with Crippen LogP contribution in [-0.2, 0) is 9.53 Å². The molecule has 0 atom stereocenters. The minimum absolute atomic E-state index is 0.0863. The number of ether oxygens (including phenoxy) is 1. The molecular weight excluding hydrogens is 279 g/mol. The standard InChI is InChI=1S/C16H18ClFO2/c1-16(2)7-6-11(15(19)20-3)12(9-16)10-4-5-13(17)14(18)8-10/h4-5,8H,6-7,9H2,1-3H3. The van der Waals surface area contributed by atoms with E-state index in [4.69, 9.17) is 16.3 Å². The third-order valence-electron chi connectivity index (χ3n) is 3.77. The first kappa shape index (κ1) is 15.0. The molecule has 1 aromatic rings. The lowest BCUT2D eigenvalue weighted by molar-refractivity contribution is -0.136. The van der Waals surface area contributed by atoms with E-state index >= 15 is 0 Å². The molecule has 0 saturated heterocycles. The molecule has 1 aromatic carbocycles. The highest BCUT2D eigenvalue weighted by Gasteiger charge is 2.31. The molecule has 0 fully saturated rings. The van der Waals surface area contributed by atoms with Crippen LogP contribution < -0.4 is 0 Å². The summed E-state index contributed by atoms with van der Waals surface area (Å²) < 4.78 is 18.5. The Hall–Kier alpha value is -1.35. The Balaban J connectivity index is 2.53. The van der Waals surface area contributed by atoms with Gasteiger partial charge in [-0.1, -0.05) is 31.5 Å². The minimum atomic E-state index is -0.468. The van der Waals surface area contributed by atoms with Gasteiger partial charge in [-0.2, -0.15) is 0 Å². The molecule has 4 heteroatoms. The maximum atomic E-state index is 13.7. The number of benzene rings is 1. The van der Waals surface area contributed by atoms with E-state index in [-0.39, 0.29) is 16.4 Å². The van der Waals surface area contributed by atoms with Gasteiger partial charge in [0.25, 0.3) is 0 Å². The van der Waals surface area contributed by atoms with Gasteiger partial charge in [-0.3, -0.25) is 0 Å². The molecule has 0 saturated carbocycles. The minimum Gasteiger partial charge on any atom is -0.466 e. The zero-order chi connectivity index (χ0) is 14.9. The summed E-state index contributed by atoms with van der Waals surface area (Å²) in [7, 11) is 1.37. The number of methoxy groups -OCH3 is 1. The van der Waals surface area contributed by atoms with Crippen molar-refractivity contribution in [1.82, 2.24) is 0 Å². The van der Waals surface area contributed by atoms with Crippen molar-refractivity contribution in [2.75, 3.05) is 7.11 Å². The highest BCUT2D eigenvalue weighted by atomic mass is 35.5. The van der Waals surface area contributed by atoms with Gasteiger partial charge in [0.1, 0.15) is 5.82 Å². The van der Waals surface area contributed by atoms with Crippen LogP contribution in [-0.4, -0.2) is 13.1 Å². The van der Waals surface area contributed by atoms with Crippen LogP contribution in [0.15, 0.2) is 23.8 Å². The van der Waals surface area contributed by atoms with Gasteiger partial charge < -0.3 is 4.74 Å². The second kappa shape index (κ2) is 5.57. The van der Waals surface area contributed by atoms with Gasteiger partial charge >= 0.3 is 5.97 Å². The molecular formula is C16H18ClFO2. The van der Waals surface area contributed by atoms with Crippen LogP contribution in [0.4, 0.5) is 4.39 Å². The number of carbonyl (C=O) groups is 1. The fourth-order valence-electron chi connectivity index (χ4n) is 2.60. The third-order valence-corrected chi connectivity index (χ3v) is 4.08. The van der Waals surface area contributed by atoms with Gasteiger partial charge in [0, 0.05) is 5.57 Å². The topological polar surface area (TPSA) is 26.3 Å². The molecule has 0 radical (unpaired) electrons. The first-order chi connectivity index (χ1) is 9.34. The second-order valence-corrected chi connectivity index (χ2v) is 6.33. The highest BCUT2D eigenvalue weighted by molar-refractivity contribution is 6.30. The van der Waals surface area contributed by atoms with E-state index in [0.29, 0.717) is 17.6 Å². The van der Waals surface area contributed by atoms with E-state index in [1.54, 1.807) is 6.07 Å². The molecule has 0 heterocycles. The summed E-state index contributed by atoms with van der Waals surface area (Å²) in [5.74, 6) is -0.796. The number of hydrogen-bond donors (Lipinski definition) is 0. The van der Waals surface area contributed by atoms with Crippen LogP contribution in [0.1, 0.15) is 38.7 Å². The Morgan fingerprint density at radius 3 is 2.70 bits per heavy atom. The molecule has 20 heavy (non-hydrogen) atoms. The Morgan fingerprint density at radius 2 is 2.10 bits per heavy atom. The van der Waals surface area contributed by atoms with Crippen molar-refractivity contribution >= 4 is 23.1 Å². The van der Waals surface area contributed by atoms with E-state index in [1.807, 2.05) is 0 Å². The summed E-state index contributed by atoms with van der Waals surface area (Å²) in [4.78, 5) is 11.9. The highest BCUT2D eigenvalue weighted by Crippen LogP contribution is 2.43. The molecule has 1 aliphatic carbocycles. The summed E-state index contributed by atoms with van der Waals surface area (Å²) in [6, 6.07) is 4.67. The fourth-order valence-corrected chi connectivity index (χ4v) is 2.71. The van der Waals surface area contributed by atoms with Crippen molar-refractivity contribution in [3.05, 3.63) is 40.2 Å². The smallest absolute Gasteiger partial charge is 0.334 e. The largest absolute Gasteiger partial charge is 0.466 e. The van der Waals surface area contributed by atoms with Gasteiger partial charge in [-0.15, -0.1) is 0 Å². The average molecular weight is 297 g/mol. The zero-order valence-electron chi connectivity index (χ0n) is 11.9. The number of carbonyl (C=O) groups excluding carboxylic acids is 1. The van der Waals surface area contributed by atoms with Crippen molar-refractivity contribution in [1.29, 1.82) is 0 Å².